The van der Waals surface area contributed by atoms with Crippen LogP contribution in [0.2, 0.25) is 5.02 Å². The van der Waals surface area contributed by atoms with E-state index in [1.165, 1.54) is 5.56 Å². The number of nitrogen functional groups attached to an aromatic ring is 1. The van der Waals surface area contributed by atoms with Gasteiger partial charge in [0.1, 0.15) is 0 Å². The summed E-state index contributed by atoms with van der Waals surface area (Å²) in [4.78, 5) is 2.22. The maximum Gasteiger partial charge on any atom is 0.0517 e. The molecule has 2 aromatic carbocycles. The van der Waals surface area contributed by atoms with E-state index in [4.69, 9.17) is 17.3 Å². The molecule has 0 spiro atoms. The lowest BCUT2D eigenvalue weighted by Gasteiger charge is -2.29. The number of benzene rings is 2. The molecule has 0 aliphatic carbocycles. The molecule has 2 aromatic rings. The average molecular weight is 354 g/mol. The van der Waals surface area contributed by atoms with Crippen molar-refractivity contribution in [3.63, 3.8) is 0 Å². The van der Waals surface area contributed by atoms with Crippen molar-refractivity contribution in [2.45, 2.75) is 19.9 Å². The van der Waals surface area contributed by atoms with Gasteiger partial charge in [-0.3, -0.25) is 0 Å². The van der Waals surface area contributed by atoms with Gasteiger partial charge in [-0.05, 0) is 65.2 Å². The molecular weight excluding hydrogens is 336 g/mol. The summed E-state index contributed by atoms with van der Waals surface area (Å²) < 4.78 is 1.00. The highest BCUT2D eigenvalue weighted by Crippen LogP contribution is 2.34. The quantitative estimate of drug-likeness (QED) is 0.769. The van der Waals surface area contributed by atoms with Crippen molar-refractivity contribution >= 4 is 38.9 Å². The van der Waals surface area contributed by atoms with Crippen LogP contribution in [0.15, 0.2) is 40.9 Å². The zero-order valence-electron chi connectivity index (χ0n) is 11.8. The Labute approximate surface area is 133 Å². The van der Waals surface area contributed by atoms with Gasteiger partial charge in [-0.1, -0.05) is 23.7 Å². The van der Waals surface area contributed by atoms with E-state index in [-0.39, 0.29) is 6.04 Å². The standard InChI is InChI=1S/C16H18BrClN2/c1-10-8-16(14(17)9-15(10)19)20(3)11(2)12-4-6-13(18)7-5-12/h4-9,11H,19H2,1-3H3. The van der Waals surface area contributed by atoms with Crippen LogP contribution in [-0.2, 0) is 0 Å². The first-order chi connectivity index (χ1) is 9.40. The Hall–Kier alpha value is -1.19. The maximum absolute atomic E-state index is 5.94. The number of anilines is 2. The van der Waals surface area contributed by atoms with E-state index in [2.05, 4.69) is 53.0 Å². The molecule has 2 N–H and O–H groups in total. The van der Waals surface area contributed by atoms with Gasteiger partial charge in [-0.15, -0.1) is 0 Å². The van der Waals surface area contributed by atoms with Crippen LogP contribution in [-0.4, -0.2) is 7.05 Å². The molecule has 0 amide bonds. The Morgan fingerprint density at radius 3 is 2.40 bits per heavy atom. The molecule has 2 rings (SSSR count). The number of rotatable bonds is 3. The highest BCUT2D eigenvalue weighted by Gasteiger charge is 2.15. The number of nitrogens with two attached hydrogens (primary N) is 1. The molecule has 1 unspecified atom stereocenters. The van der Waals surface area contributed by atoms with Gasteiger partial charge in [0.2, 0.25) is 0 Å². The molecule has 0 fully saturated rings. The lowest BCUT2D eigenvalue weighted by molar-refractivity contribution is 0.738. The second-order valence-corrected chi connectivity index (χ2v) is 6.29. The SMILES string of the molecule is Cc1cc(N(C)C(C)c2ccc(Cl)cc2)c(Br)cc1N. The molecule has 0 aromatic heterocycles. The Kier molecular flexibility index (Phi) is 4.61. The van der Waals surface area contributed by atoms with Gasteiger partial charge in [0.25, 0.3) is 0 Å². The third-order valence-corrected chi connectivity index (χ3v) is 4.54. The van der Waals surface area contributed by atoms with E-state index in [0.717, 1.165) is 26.4 Å². The first kappa shape index (κ1) is 15.2. The molecule has 0 radical (unpaired) electrons. The summed E-state index contributed by atoms with van der Waals surface area (Å²) >= 11 is 9.53. The molecule has 0 aliphatic heterocycles. The molecule has 0 saturated heterocycles. The smallest absolute Gasteiger partial charge is 0.0517 e. The number of hydrogen-bond donors (Lipinski definition) is 1. The monoisotopic (exact) mass is 352 g/mol. The lowest BCUT2D eigenvalue weighted by Crippen LogP contribution is -2.22. The second-order valence-electron chi connectivity index (χ2n) is 5.00. The highest BCUT2D eigenvalue weighted by atomic mass is 79.9. The molecule has 0 heterocycles. The predicted molar refractivity (Wildman–Crippen MR) is 91.6 cm³/mol. The third-order valence-electron chi connectivity index (χ3n) is 3.65. The van der Waals surface area contributed by atoms with Crippen LogP contribution < -0.4 is 10.6 Å². The minimum absolute atomic E-state index is 0.242. The number of nitrogens with zero attached hydrogens (tertiary/aromatic N) is 1. The van der Waals surface area contributed by atoms with Crippen LogP contribution in [0.5, 0.6) is 0 Å². The van der Waals surface area contributed by atoms with Gasteiger partial charge >= 0.3 is 0 Å². The average Bonchev–Trinajstić information content (AvgIpc) is 2.42. The number of aryl methyl sites for hydroxylation is 1. The summed E-state index contributed by atoms with van der Waals surface area (Å²) in [5.74, 6) is 0. The highest BCUT2D eigenvalue weighted by molar-refractivity contribution is 9.10. The summed E-state index contributed by atoms with van der Waals surface area (Å²) in [6.45, 7) is 4.19. The summed E-state index contributed by atoms with van der Waals surface area (Å²) in [6.07, 6.45) is 0. The van der Waals surface area contributed by atoms with Gasteiger partial charge in [-0.25, -0.2) is 0 Å². The molecule has 106 valence electrons. The summed E-state index contributed by atoms with van der Waals surface area (Å²) in [5.41, 5.74) is 10.2. The Balaban J connectivity index is 2.33. The van der Waals surface area contributed by atoms with Crippen molar-refractivity contribution in [2.75, 3.05) is 17.7 Å². The van der Waals surface area contributed by atoms with Crippen LogP contribution in [0.4, 0.5) is 11.4 Å². The van der Waals surface area contributed by atoms with Crippen LogP contribution in [0, 0.1) is 6.92 Å². The van der Waals surface area contributed by atoms with E-state index in [1.807, 2.05) is 25.1 Å². The summed E-state index contributed by atoms with van der Waals surface area (Å²) in [7, 11) is 2.08. The molecular formula is C16H18BrClN2. The molecule has 4 heteroatoms. The first-order valence-corrected chi connectivity index (χ1v) is 7.61. The third kappa shape index (κ3) is 3.10. The summed E-state index contributed by atoms with van der Waals surface area (Å²) in [6, 6.07) is 12.3. The van der Waals surface area contributed by atoms with Crippen molar-refractivity contribution < 1.29 is 0 Å². The van der Waals surface area contributed by atoms with Crippen molar-refractivity contribution in [1.29, 1.82) is 0 Å². The fourth-order valence-electron chi connectivity index (χ4n) is 2.13. The maximum atomic E-state index is 5.94. The fourth-order valence-corrected chi connectivity index (χ4v) is 2.89. The Bertz CT molecular complexity index is 611. The van der Waals surface area contributed by atoms with Crippen LogP contribution in [0.3, 0.4) is 0 Å². The second kappa shape index (κ2) is 6.06. The minimum atomic E-state index is 0.242. The fraction of sp³-hybridized carbons (Fsp3) is 0.250. The van der Waals surface area contributed by atoms with E-state index < -0.39 is 0 Å². The molecule has 1 atom stereocenters. The minimum Gasteiger partial charge on any atom is -0.398 e. The molecule has 0 aliphatic rings. The van der Waals surface area contributed by atoms with E-state index in [1.54, 1.807) is 0 Å². The van der Waals surface area contributed by atoms with Crippen LogP contribution >= 0.6 is 27.5 Å². The van der Waals surface area contributed by atoms with Gasteiger partial charge in [0, 0.05) is 22.2 Å². The molecule has 20 heavy (non-hydrogen) atoms. The van der Waals surface area contributed by atoms with Gasteiger partial charge in [0.05, 0.1) is 11.7 Å². The Morgan fingerprint density at radius 1 is 1.20 bits per heavy atom. The van der Waals surface area contributed by atoms with Gasteiger partial charge < -0.3 is 10.6 Å². The molecule has 0 bridgehead atoms. The topological polar surface area (TPSA) is 29.3 Å². The Morgan fingerprint density at radius 2 is 1.80 bits per heavy atom. The zero-order valence-corrected chi connectivity index (χ0v) is 14.2. The van der Waals surface area contributed by atoms with Crippen LogP contribution in [0.25, 0.3) is 0 Å². The first-order valence-electron chi connectivity index (χ1n) is 6.44. The van der Waals surface area contributed by atoms with Gasteiger partial charge in [0.15, 0.2) is 0 Å². The molecule has 0 saturated carbocycles. The van der Waals surface area contributed by atoms with Crippen molar-refractivity contribution in [2.24, 2.45) is 0 Å². The van der Waals surface area contributed by atoms with Crippen molar-refractivity contribution in [3.05, 3.63) is 57.0 Å². The van der Waals surface area contributed by atoms with Crippen molar-refractivity contribution in [3.8, 4) is 0 Å². The van der Waals surface area contributed by atoms with Crippen molar-refractivity contribution in [1.82, 2.24) is 0 Å². The summed E-state index contributed by atoms with van der Waals surface area (Å²) in [5, 5.41) is 0.758. The zero-order chi connectivity index (χ0) is 14.9. The van der Waals surface area contributed by atoms with Gasteiger partial charge in [-0.2, -0.15) is 0 Å². The van der Waals surface area contributed by atoms with E-state index in [0.29, 0.717) is 0 Å². The lowest BCUT2D eigenvalue weighted by atomic mass is 10.1. The van der Waals surface area contributed by atoms with E-state index >= 15 is 0 Å². The van der Waals surface area contributed by atoms with E-state index in [9.17, 15) is 0 Å². The number of hydrogen-bond acceptors (Lipinski definition) is 2. The predicted octanol–water partition coefficient (Wildman–Crippen LogP) is 5.19. The van der Waals surface area contributed by atoms with Crippen LogP contribution in [0.1, 0.15) is 24.1 Å². The number of halogens is 2. The largest absolute Gasteiger partial charge is 0.398 e. The normalized spacial score (nSPS) is 12.2. The molecule has 2 nitrogen and oxygen atoms in total.